The van der Waals surface area contributed by atoms with Crippen molar-refractivity contribution in [1.29, 1.82) is 5.26 Å². The Bertz CT molecular complexity index is 1380. The summed E-state index contributed by atoms with van der Waals surface area (Å²) in [5.74, 6) is -0.757. The van der Waals surface area contributed by atoms with Crippen LogP contribution in [-0.4, -0.2) is 43.0 Å². The van der Waals surface area contributed by atoms with Crippen molar-refractivity contribution in [2.75, 3.05) is 13.6 Å². The van der Waals surface area contributed by atoms with E-state index in [2.05, 4.69) is 20.9 Å². The van der Waals surface area contributed by atoms with Crippen LogP contribution in [0.1, 0.15) is 53.5 Å². The fourth-order valence-electron chi connectivity index (χ4n) is 3.95. The Balaban J connectivity index is 0.000000850. The normalized spacial score (nSPS) is 15.7. The molecular weight excluding hydrogens is 553 g/mol. The number of aliphatic imine (C=N–C) groups is 1. The molecule has 0 radical (unpaired) electrons. The summed E-state index contributed by atoms with van der Waals surface area (Å²) in [7, 11) is 1.74. The van der Waals surface area contributed by atoms with Crippen LogP contribution in [0.25, 0.3) is 5.57 Å². The molecule has 2 aliphatic carbocycles. The molecule has 0 saturated heterocycles. The van der Waals surface area contributed by atoms with Crippen molar-refractivity contribution in [3.63, 3.8) is 0 Å². The molecule has 0 aromatic heterocycles. The minimum Gasteiger partial charge on any atom is -0.404 e. The number of nitrogens with zero attached hydrogens (tertiary/aromatic N) is 2. The number of benzene rings is 2. The molecule has 1 amide bonds. The van der Waals surface area contributed by atoms with Gasteiger partial charge in [-0.25, -0.2) is 0 Å². The third kappa shape index (κ3) is 8.96. The average molecular weight is 585 g/mol. The Morgan fingerprint density at radius 1 is 1.24 bits per heavy atom. The van der Waals surface area contributed by atoms with Crippen LogP contribution >= 0.6 is 12.2 Å². The van der Waals surface area contributed by atoms with Crippen LogP contribution in [0.4, 0.5) is 13.2 Å². The maximum Gasteiger partial charge on any atom is 0.416 e. The molecule has 2 fully saturated rings. The van der Waals surface area contributed by atoms with Gasteiger partial charge in [0, 0.05) is 30.1 Å². The zero-order valence-corrected chi connectivity index (χ0v) is 23.2. The lowest BCUT2D eigenvalue weighted by Gasteiger charge is -2.23. The number of aldehydes is 1. The van der Waals surface area contributed by atoms with Gasteiger partial charge in [-0.15, -0.1) is 0 Å². The van der Waals surface area contributed by atoms with Crippen LogP contribution in [-0.2, 0) is 27.8 Å². The van der Waals surface area contributed by atoms with Crippen LogP contribution in [0.5, 0.6) is 0 Å². The van der Waals surface area contributed by atoms with Crippen molar-refractivity contribution < 1.29 is 22.8 Å². The second kappa shape index (κ2) is 14.0. The largest absolute Gasteiger partial charge is 0.416 e. The molecule has 8 nitrogen and oxygen atoms in total. The fraction of sp³-hybridized carbons (Fsp3) is 0.345. The lowest BCUT2D eigenvalue weighted by Crippen LogP contribution is -2.35. The molecular formula is C29H31F3N6O2S. The van der Waals surface area contributed by atoms with Crippen molar-refractivity contribution in [3.8, 4) is 6.07 Å². The highest BCUT2D eigenvalue weighted by molar-refractivity contribution is 7.80. The van der Waals surface area contributed by atoms with Gasteiger partial charge in [-0.2, -0.15) is 18.4 Å². The molecule has 41 heavy (non-hydrogen) atoms. The zero-order valence-electron chi connectivity index (χ0n) is 22.4. The lowest BCUT2D eigenvalue weighted by atomic mass is 9.94. The number of nitrogens with two attached hydrogens (primary N) is 1. The Kier molecular flexibility index (Phi) is 10.7. The molecule has 0 unspecified atom stereocenters. The minimum absolute atomic E-state index is 0.0846. The molecule has 0 heterocycles. The van der Waals surface area contributed by atoms with E-state index in [-0.39, 0.29) is 18.9 Å². The summed E-state index contributed by atoms with van der Waals surface area (Å²) in [5.41, 5.74) is 6.73. The second-order valence-corrected chi connectivity index (χ2v) is 10.1. The number of carbonyl (C=O) groups is 2. The van der Waals surface area contributed by atoms with Crippen molar-refractivity contribution in [1.82, 2.24) is 16.0 Å². The van der Waals surface area contributed by atoms with Gasteiger partial charge in [-0.05, 0) is 67.6 Å². The number of alkyl halides is 3. The van der Waals surface area contributed by atoms with Crippen molar-refractivity contribution >= 4 is 41.2 Å². The maximum atomic E-state index is 13.8. The summed E-state index contributed by atoms with van der Waals surface area (Å²) >= 11 is 5.63. The Hall–Kier alpha value is -4.08. The van der Waals surface area contributed by atoms with Gasteiger partial charge in [0.25, 0.3) is 5.91 Å². The van der Waals surface area contributed by atoms with E-state index in [1.165, 1.54) is 6.20 Å². The topological polar surface area (TPSA) is 132 Å². The molecule has 2 aromatic rings. The van der Waals surface area contributed by atoms with Crippen molar-refractivity contribution in [2.45, 2.75) is 50.0 Å². The highest BCUT2D eigenvalue weighted by atomic mass is 32.1. The molecule has 0 atom stereocenters. The Labute approximate surface area is 241 Å². The van der Waals surface area contributed by atoms with Gasteiger partial charge in [0.2, 0.25) is 6.29 Å². The van der Waals surface area contributed by atoms with E-state index in [0.29, 0.717) is 52.2 Å². The average Bonchev–Trinajstić information content (AvgIpc) is 3.89. The first-order valence-corrected chi connectivity index (χ1v) is 13.3. The van der Waals surface area contributed by atoms with Gasteiger partial charge >= 0.3 is 6.18 Å². The quantitative estimate of drug-likeness (QED) is 0.110. The van der Waals surface area contributed by atoms with E-state index in [1.54, 1.807) is 43.6 Å². The SMILES string of the molecule is CNCC#N.N/C=C(\C=NC1CC1)c1cc(C(F)(F)F)cc(C2(NC(=S)c3ccccc3CNC(=O)C=O)CC2)c1. The molecule has 2 aromatic carbocycles. The summed E-state index contributed by atoms with van der Waals surface area (Å²) in [6.07, 6.45) is 1.57. The third-order valence-electron chi connectivity index (χ3n) is 6.48. The molecule has 216 valence electrons. The minimum atomic E-state index is -4.54. The van der Waals surface area contributed by atoms with Gasteiger partial charge < -0.3 is 21.7 Å². The zero-order chi connectivity index (χ0) is 30.0. The van der Waals surface area contributed by atoms with Crippen LogP contribution in [0, 0.1) is 11.3 Å². The summed E-state index contributed by atoms with van der Waals surface area (Å²) < 4.78 is 41.5. The smallest absolute Gasteiger partial charge is 0.404 e. The molecule has 0 aliphatic heterocycles. The molecule has 0 bridgehead atoms. The number of allylic oxidation sites excluding steroid dienone is 1. The fourth-order valence-corrected chi connectivity index (χ4v) is 4.35. The number of nitrogens with one attached hydrogen (secondary N) is 3. The van der Waals surface area contributed by atoms with E-state index < -0.39 is 23.2 Å². The van der Waals surface area contributed by atoms with E-state index in [0.717, 1.165) is 25.0 Å². The predicted molar refractivity (Wildman–Crippen MR) is 155 cm³/mol. The molecule has 12 heteroatoms. The Morgan fingerprint density at radius 3 is 2.49 bits per heavy atom. The van der Waals surface area contributed by atoms with Crippen LogP contribution in [0.3, 0.4) is 0 Å². The molecule has 5 N–H and O–H groups in total. The number of rotatable bonds is 10. The molecule has 4 rings (SSSR count). The first-order valence-electron chi connectivity index (χ1n) is 12.9. The van der Waals surface area contributed by atoms with E-state index >= 15 is 0 Å². The van der Waals surface area contributed by atoms with Gasteiger partial charge in [-0.1, -0.05) is 36.5 Å². The number of hydrogen-bond acceptors (Lipinski definition) is 7. The van der Waals surface area contributed by atoms with E-state index in [1.807, 2.05) is 6.07 Å². The molecule has 2 aliphatic rings. The number of halogens is 3. The number of amides is 1. The maximum absolute atomic E-state index is 13.8. The number of thiocarbonyl (C=S) groups is 1. The Morgan fingerprint density at radius 2 is 1.95 bits per heavy atom. The van der Waals surface area contributed by atoms with E-state index in [9.17, 15) is 22.8 Å². The van der Waals surface area contributed by atoms with Crippen LogP contribution in [0.15, 0.2) is 53.7 Å². The lowest BCUT2D eigenvalue weighted by molar-refractivity contribution is -0.137. The van der Waals surface area contributed by atoms with Gasteiger partial charge in [0.15, 0.2) is 0 Å². The number of nitriles is 1. The highest BCUT2D eigenvalue weighted by Crippen LogP contribution is 2.48. The first-order chi connectivity index (χ1) is 19.6. The standard InChI is InChI=1S/C26H25F3N4O2S.C3H6N2/c27-26(28,29)20-10-17(18(12-30)14-31-21-5-6-21)9-19(11-20)25(7-8-25)33-24(36)22-4-2-1-3-16(22)13-32-23(35)15-34;1-5-3-2-4/h1-4,9-12,14-15,21H,5-8,13,30H2,(H,32,35)(H,33,36);5H,3H2,1H3/b18-12+,31-14?;. The van der Waals surface area contributed by atoms with Gasteiger partial charge in [-0.3, -0.25) is 14.6 Å². The predicted octanol–water partition coefficient (Wildman–Crippen LogP) is 3.74. The highest BCUT2D eigenvalue weighted by Gasteiger charge is 2.46. The monoisotopic (exact) mass is 584 g/mol. The van der Waals surface area contributed by atoms with Gasteiger partial charge in [0.05, 0.1) is 29.8 Å². The summed E-state index contributed by atoms with van der Waals surface area (Å²) in [6.45, 7) is 0.529. The summed E-state index contributed by atoms with van der Waals surface area (Å²) in [5, 5.41) is 16.2. The van der Waals surface area contributed by atoms with Crippen molar-refractivity contribution in [3.05, 3.63) is 76.5 Å². The molecule has 0 spiro atoms. The third-order valence-corrected chi connectivity index (χ3v) is 6.80. The number of carbonyl (C=O) groups excluding carboxylic acids is 2. The summed E-state index contributed by atoms with van der Waals surface area (Å²) in [6, 6.07) is 13.1. The van der Waals surface area contributed by atoms with Gasteiger partial charge in [0.1, 0.15) is 4.99 Å². The van der Waals surface area contributed by atoms with Crippen molar-refractivity contribution in [2.24, 2.45) is 10.7 Å². The first kappa shape index (κ1) is 31.4. The number of hydrogen-bond donors (Lipinski definition) is 4. The second-order valence-electron chi connectivity index (χ2n) is 9.65. The van der Waals surface area contributed by atoms with E-state index in [4.69, 9.17) is 23.2 Å². The molecule has 2 saturated carbocycles. The van der Waals surface area contributed by atoms with Crippen LogP contribution in [0.2, 0.25) is 0 Å². The summed E-state index contributed by atoms with van der Waals surface area (Å²) in [4.78, 5) is 26.7. The van der Waals surface area contributed by atoms with Crippen LogP contribution < -0.4 is 21.7 Å².